The van der Waals surface area contributed by atoms with E-state index in [1.807, 2.05) is 23.1 Å². The standard InChI is InChI=1S/C20H25ClN2O4/c1-22-17(24)11-16(19(22)14-5-2-6-15(21)10-14)20(27)23-9-3-4-13(12-23)7-8-18(25)26/h2,5-6,10,13,16,19H,3-4,7-9,11-12H2,1H3,(H,25,26). The van der Waals surface area contributed by atoms with Crippen molar-refractivity contribution in [2.24, 2.45) is 11.8 Å². The first-order chi connectivity index (χ1) is 12.9. The Morgan fingerprint density at radius 1 is 1.33 bits per heavy atom. The van der Waals surface area contributed by atoms with E-state index in [0.29, 0.717) is 24.5 Å². The Morgan fingerprint density at radius 2 is 2.11 bits per heavy atom. The number of aliphatic carboxylic acids is 1. The number of halogens is 1. The van der Waals surface area contributed by atoms with E-state index in [9.17, 15) is 14.4 Å². The number of benzene rings is 1. The van der Waals surface area contributed by atoms with Crippen LogP contribution in [0.2, 0.25) is 5.02 Å². The molecule has 146 valence electrons. The van der Waals surface area contributed by atoms with Gasteiger partial charge in [-0.25, -0.2) is 0 Å². The lowest BCUT2D eigenvalue weighted by molar-refractivity contribution is -0.139. The van der Waals surface area contributed by atoms with Crippen LogP contribution in [0.15, 0.2) is 24.3 Å². The third-order valence-corrected chi connectivity index (χ3v) is 5.93. The first-order valence-electron chi connectivity index (χ1n) is 9.38. The smallest absolute Gasteiger partial charge is 0.303 e. The van der Waals surface area contributed by atoms with Crippen LogP contribution >= 0.6 is 11.6 Å². The third kappa shape index (κ3) is 4.43. The number of likely N-dealkylation sites (tertiary alicyclic amines) is 2. The Labute approximate surface area is 164 Å². The summed E-state index contributed by atoms with van der Waals surface area (Å²) < 4.78 is 0. The Hall–Kier alpha value is -2.08. The Bertz CT molecular complexity index is 738. The summed E-state index contributed by atoms with van der Waals surface area (Å²) in [5.74, 6) is -1.09. The van der Waals surface area contributed by atoms with Gasteiger partial charge in [-0.3, -0.25) is 14.4 Å². The molecule has 1 aromatic carbocycles. The van der Waals surface area contributed by atoms with E-state index >= 15 is 0 Å². The lowest BCUT2D eigenvalue weighted by Gasteiger charge is -2.35. The highest BCUT2D eigenvalue weighted by molar-refractivity contribution is 6.30. The molecule has 0 bridgehead atoms. The number of hydrogen-bond donors (Lipinski definition) is 1. The summed E-state index contributed by atoms with van der Waals surface area (Å²) in [6.45, 7) is 1.24. The van der Waals surface area contributed by atoms with E-state index in [1.165, 1.54) is 0 Å². The van der Waals surface area contributed by atoms with Crippen LogP contribution < -0.4 is 0 Å². The first kappa shape index (κ1) is 19.7. The quantitative estimate of drug-likeness (QED) is 0.835. The molecule has 0 spiro atoms. The molecule has 6 nitrogen and oxygen atoms in total. The molecule has 1 aromatic rings. The van der Waals surface area contributed by atoms with Crippen LogP contribution in [-0.4, -0.2) is 52.8 Å². The van der Waals surface area contributed by atoms with E-state index in [1.54, 1.807) is 18.0 Å². The van der Waals surface area contributed by atoms with Crippen molar-refractivity contribution < 1.29 is 19.5 Å². The number of rotatable bonds is 5. The van der Waals surface area contributed by atoms with Gasteiger partial charge in [-0.15, -0.1) is 0 Å². The van der Waals surface area contributed by atoms with Gasteiger partial charge < -0.3 is 14.9 Å². The summed E-state index contributed by atoms with van der Waals surface area (Å²) in [7, 11) is 1.73. The van der Waals surface area contributed by atoms with Gasteiger partial charge in [0.1, 0.15) is 0 Å². The van der Waals surface area contributed by atoms with Crippen LogP contribution in [0.4, 0.5) is 0 Å². The minimum atomic E-state index is -0.803. The fraction of sp³-hybridized carbons (Fsp3) is 0.550. The molecular formula is C20H25ClN2O4. The van der Waals surface area contributed by atoms with Crippen LogP contribution in [0.25, 0.3) is 0 Å². The highest BCUT2D eigenvalue weighted by Gasteiger charge is 2.44. The van der Waals surface area contributed by atoms with Gasteiger partial charge in [-0.2, -0.15) is 0 Å². The highest BCUT2D eigenvalue weighted by Crippen LogP contribution is 2.39. The van der Waals surface area contributed by atoms with Crippen molar-refractivity contribution in [2.75, 3.05) is 20.1 Å². The lowest BCUT2D eigenvalue weighted by atomic mass is 9.89. The number of carbonyl (C=O) groups is 3. The second kappa shape index (κ2) is 8.30. The summed E-state index contributed by atoms with van der Waals surface area (Å²) in [6.07, 6.45) is 2.72. The number of carboxylic acid groups (broad SMARTS) is 1. The maximum atomic E-state index is 13.2. The van der Waals surface area contributed by atoms with Crippen molar-refractivity contribution in [3.8, 4) is 0 Å². The molecular weight excluding hydrogens is 368 g/mol. The molecule has 3 atom stereocenters. The van der Waals surface area contributed by atoms with Crippen LogP contribution in [-0.2, 0) is 14.4 Å². The van der Waals surface area contributed by atoms with E-state index < -0.39 is 11.9 Å². The number of hydrogen-bond acceptors (Lipinski definition) is 3. The topological polar surface area (TPSA) is 77.9 Å². The summed E-state index contributed by atoms with van der Waals surface area (Å²) >= 11 is 6.12. The summed E-state index contributed by atoms with van der Waals surface area (Å²) in [4.78, 5) is 39.9. The third-order valence-electron chi connectivity index (χ3n) is 5.69. The molecule has 2 amide bonds. The number of carbonyl (C=O) groups excluding carboxylic acids is 2. The van der Waals surface area contributed by atoms with Gasteiger partial charge in [0.25, 0.3) is 0 Å². The van der Waals surface area contributed by atoms with Gasteiger partial charge in [-0.05, 0) is 42.9 Å². The molecule has 2 fully saturated rings. The van der Waals surface area contributed by atoms with E-state index in [0.717, 1.165) is 18.4 Å². The molecule has 0 radical (unpaired) electrons. The van der Waals surface area contributed by atoms with Crippen molar-refractivity contribution >= 4 is 29.4 Å². The van der Waals surface area contributed by atoms with Gasteiger partial charge in [-0.1, -0.05) is 23.7 Å². The molecule has 2 heterocycles. The molecule has 2 aliphatic heterocycles. The summed E-state index contributed by atoms with van der Waals surface area (Å²) in [5, 5.41) is 9.48. The molecule has 3 rings (SSSR count). The maximum absolute atomic E-state index is 13.2. The lowest BCUT2D eigenvalue weighted by Crippen LogP contribution is -2.44. The average molecular weight is 393 g/mol. The normalized spacial score (nSPS) is 25.7. The van der Waals surface area contributed by atoms with Crippen molar-refractivity contribution in [2.45, 2.75) is 38.1 Å². The van der Waals surface area contributed by atoms with Crippen molar-refractivity contribution in [3.05, 3.63) is 34.9 Å². The average Bonchev–Trinajstić information content (AvgIpc) is 2.94. The SMILES string of the molecule is CN1C(=O)CC(C(=O)N2CCCC(CCC(=O)O)C2)C1c1cccc(Cl)c1. The molecule has 2 saturated heterocycles. The fourth-order valence-corrected chi connectivity index (χ4v) is 4.50. The van der Waals surface area contributed by atoms with Crippen LogP contribution in [0, 0.1) is 11.8 Å². The molecule has 3 unspecified atom stereocenters. The van der Waals surface area contributed by atoms with Gasteiger partial charge in [0.15, 0.2) is 0 Å². The first-order valence-corrected chi connectivity index (χ1v) is 9.76. The van der Waals surface area contributed by atoms with Crippen LogP contribution in [0.1, 0.15) is 43.7 Å². The zero-order valence-corrected chi connectivity index (χ0v) is 16.2. The molecule has 7 heteroatoms. The molecule has 27 heavy (non-hydrogen) atoms. The maximum Gasteiger partial charge on any atom is 0.303 e. The molecule has 1 N–H and O–H groups in total. The zero-order chi connectivity index (χ0) is 19.6. The van der Waals surface area contributed by atoms with Gasteiger partial charge in [0.2, 0.25) is 11.8 Å². The van der Waals surface area contributed by atoms with Crippen LogP contribution in [0.3, 0.4) is 0 Å². The number of carboxylic acids is 1. The second-order valence-corrected chi connectivity index (χ2v) is 7.98. The van der Waals surface area contributed by atoms with E-state index in [2.05, 4.69) is 0 Å². The highest BCUT2D eigenvalue weighted by atomic mass is 35.5. The van der Waals surface area contributed by atoms with Crippen LogP contribution in [0.5, 0.6) is 0 Å². The predicted molar refractivity (Wildman–Crippen MR) is 101 cm³/mol. The molecule has 2 aliphatic rings. The monoisotopic (exact) mass is 392 g/mol. The van der Waals surface area contributed by atoms with Crippen molar-refractivity contribution in [1.82, 2.24) is 9.80 Å². The van der Waals surface area contributed by atoms with E-state index in [-0.39, 0.29) is 36.6 Å². The molecule has 0 aliphatic carbocycles. The molecule has 0 aromatic heterocycles. The minimum Gasteiger partial charge on any atom is -0.481 e. The van der Waals surface area contributed by atoms with E-state index in [4.69, 9.17) is 16.7 Å². The molecule has 0 saturated carbocycles. The summed E-state index contributed by atoms with van der Waals surface area (Å²) in [5.41, 5.74) is 0.869. The predicted octanol–water partition coefficient (Wildman–Crippen LogP) is 2.96. The fourth-order valence-electron chi connectivity index (χ4n) is 4.30. The minimum absolute atomic E-state index is 0.0160. The zero-order valence-electron chi connectivity index (χ0n) is 15.4. The number of amides is 2. The second-order valence-electron chi connectivity index (χ2n) is 7.54. The Balaban J connectivity index is 1.75. The Morgan fingerprint density at radius 3 is 2.81 bits per heavy atom. The van der Waals surface area contributed by atoms with Crippen molar-refractivity contribution in [3.63, 3.8) is 0 Å². The van der Waals surface area contributed by atoms with Gasteiger partial charge in [0, 0.05) is 38.0 Å². The van der Waals surface area contributed by atoms with Gasteiger partial charge >= 0.3 is 5.97 Å². The number of piperidine rings is 1. The van der Waals surface area contributed by atoms with Gasteiger partial charge in [0.05, 0.1) is 12.0 Å². The van der Waals surface area contributed by atoms with Crippen molar-refractivity contribution in [1.29, 1.82) is 0 Å². The summed E-state index contributed by atoms with van der Waals surface area (Å²) in [6, 6.07) is 7.00. The number of nitrogens with zero attached hydrogens (tertiary/aromatic N) is 2. The largest absolute Gasteiger partial charge is 0.481 e. The Kier molecular flexibility index (Phi) is 6.05.